The number of nitrogens with zero attached hydrogens (tertiary/aromatic N) is 5. The van der Waals surface area contributed by atoms with Crippen LogP contribution in [0.25, 0.3) is 6.08 Å². The molecule has 184 valence electrons. The number of carbonyl (C=O) groups is 1. The molecular weight excluding hydrogens is 466 g/mol. The lowest BCUT2D eigenvalue weighted by Crippen LogP contribution is -2.38. The second-order valence-corrected chi connectivity index (χ2v) is 9.72. The Morgan fingerprint density at radius 3 is 2.61 bits per heavy atom. The summed E-state index contributed by atoms with van der Waals surface area (Å²) in [5.41, 5.74) is 2.55. The molecule has 1 amide bonds. The van der Waals surface area contributed by atoms with Crippen molar-refractivity contribution in [3.8, 4) is 23.8 Å². The van der Waals surface area contributed by atoms with Gasteiger partial charge in [-0.2, -0.15) is 15.5 Å². The molecular formula is C26H24F2N6O2. The first kappa shape index (κ1) is 23.7. The highest BCUT2D eigenvalue weighted by Gasteiger charge is 2.68. The number of nitriles is 2. The quantitative estimate of drug-likeness (QED) is 0.548. The predicted octanol–water partition coefficient (Wildman–Crippen LogP) is 4.92. The average molecular weight is 491 g/mol. The molecule has 0 bridgehead atoms. The van der Waals surface area contributed by atoms with Crippen molar-refractivity contribution >= 4 is 17.9 Å². The third-order valence-corrected chi connectivity index (χ3v) is 7.36. The van der Waals surface area contributed by atoms with E-state index >= 15 is 0 Å². The van der Waals surface area contributed by atoms with Crippen molar-refractivity contribution < 1.29 is 18.3 Å². The van der Waals surface area contributed by atoms with Crippen LogP contribution in [0.4, 0.5) is 14.7 Å². The number of aromatic nitrogens is 2. The van der Waals surface area contributed by atoms with E-state index < -0.39 is 24.9 Å². The highest BCUT2D eigenvalue weighted by atomic mass is 19.3. The first-order chi connectivity index (χ1) is 17.2. The molecule has 5 rings (SSSR count). The van der Waals surface area contributed by atoms with Crippen LogP contribution in [-0.4, -0.2) is 39.3 Å². The van der Waals surface area contributed by atoms with Crippen LogP contribution in [0.15, 0.2) is 18.2 Å². The molecule has 3 aliphatic rings. The Kier molecular flexibility index (Phi) is 5.63. The van der Waals surface area contributed by atoms with Crippen molar-refractivity contribution in [2.75, 3.05) is 11.9 Å². The number of fused-ring (bicyclic) bond motifs is 2. The molecule has 1 N–H and O–H groups in total. The van der Waals surface area contributed by atoms with Gasteiger partial charge in [-0.15, -0.1) is 0 Å². The van der Waals surface area contributed by atoms with Crippen LogP contribution in [0.3, 0.4) is 0 Å². The summed E-state index contributed by atoms with van der Waals surface area (Å²) in [5.74, 6) is 0.463. The summed E-state index contributed by atoms with van der Waals surface area (Å²) in [6.07, 6.45) is 1.87. The molecule has 2 unspecified atom stereocenters. The first-order valence-electron chi connectivity index (χ1n) is 11.7. The zero-order valence-corrected chi connectivity index (χ0v) is 20.0. The lowest BCUT2D eigenvalue weighted by molar-refractivity contribution is 0.0503. The average Bonchev–Trinajstić information content (AvgIpc) is 3.31. The number of hydrogen-bond acceptors (Lipinski definition) is 7. The van der Waals surface area contributed by atoms with Crippen LogP contribution in [0, 0.1) is 48.3 Å². The van der Waals surface area contributed by atoms with Crippen molar-refractivity contribution in [2.45, 2.75) is 51.6 Å². The Labute approximate surface area is 207 Å². The van der Waals surface area contributed by atoms with Gasteiger partial charge in [-0.05, 0) is 68.5 Å². The maximum absolute atomic E-state index is 13.2. The fourth-order valence-electron chi connectivity index (χ4n) is 5.47. The molecule has 2 aliphatic carbocycles. The fourth-order valence-corrected chi connectivity index (χ4v) is 5.47. The lowest BCUT2D eigenvalue weighted by Gasteiger charge is -2.31. The van der Waals surface area contributed by atoms with E-state index in [9.17, 15) is 18.8 Å². The molecule has 0 saturated heterocycles. The van der Waals surface area contributed by atoms with Crippen LogP contribution >= 0.6 is 0 Å². The number of amides is 1. The number of benzene rings is 1. The normalized spacial score (nSPS) is 25.7. The fraction of sp³-hybridized carbons (Fsp3) is 0.423. The Hall–Kier alpha value is -4.05. The number of alkyl halides is 2. The van der Waals surface area contributed by atoms with Gasteiger partial charge in [-0.1, -0.05) is 0 Å². The van der Waals surface area contributed by atoms with Crippen molar-refractivity contribution in [3.05, 3.63) is 46.2 Å². The molecule has 1 aromatic carbocycles. The van der Waals surface area contributed by atoms with Gasteiger partial charge in [0.1, 0.15) is 11.4 Å². The summed E-state index contributed by atoms with van der Waals surface area (Å²) in [6, 6.07) is 7.29. The standard InChI is InChI=1S/C26H24F2N6O2/c1-13-7-16(5-4-6-29)8-14(2)22(13)36-23-20-15(3)34(12-19(27)28)24(35)21(20)31-25(32-23)33-26-9-17(11-30)18(26)10-26/h4-5,7-8,15,17-19H,9-10,12H2,1-3H3,(H,31,32,33)/b5-4+/t15-,17+,18?,26?/m1/s1. The lowest BCUT2D eigenvalue weighted by atomic mass is 9.81. The van der Waals surface area contributed by atoms with Gasteiger partial charge in [0, 0.05) is 17.5 Å². The van der Waals surface area contributed by atoms with Gasteiger partial charge in [0.25, 0.3) is 12.3 Å². The largest absolute Gasteiger partial charge is 0.438 e. The van der Waals surface area contributed by atoms with Crippen molar-refractivity contribution in [3.63, 3.8) is 0 Å². The maximum atomic E-state index is 13.2. The van der Waals surface area contributed by atoms with Gasteiger partial charge in [0.15, 0.2) is 0 Å². The van der Waals surface area contributed by atoms with Gasteiger partial charge < -0.3 is 15.0 Å². The second-order valence-electron chi connectivity index (χ2n) is 9.72. The summed E-state index contributed by atoms with van der Waals surface area (Å²) in [7, 11) is 0. The Balaban J connectivity index is 1.53. The predicted molar refractivity (Wildman–Crippen MR) is 126 cm³/mol. The minimum Gasteiger partial charge on any atom is -0.438 e. The summed E-state index contributed by atoms with van der Waals surface area (Å²) >= 11 is 0. The molecule has 2 aromatic rings. The third-order valence-electron chi connectivity index (χ3n) is 7.36. The zero-order valence-electron chi connectivity index (χ0n) is 20.0. The van der Waals surface area contributed by atoms with E-state index in [4.69, 9.17) is 10.00 Å². The SMILES string of the molecule is Cc1cc(/C=C/C#N)cc(C)c1Oc1nc(NC23CC2[C@H](C#N)C3)nc2c1[C@@H](C)N(CC(F)F)C2=O. The van der Waals surface area contributed by atoms with E-state index in [0.29, 0.717) is 17.7 Å². The number of nitrogens with one attached hydrogen (secondary N) is 1. The van der Waals surface area contributed by atoms with Crippen LogP contribution in [-0.2, 0) is 0 Å². The van der Waals surface area contributed by atoms with Crippen molar-refractivity contribution in [2.24, 2.45) is 11.8 Å². The van der Waals surface area contributed by atoms with Crippen molar-refractivity contribution in [1.82, 2.24) is 14.9 Å². The summed E-state index contributed by atoms with van der Waals surface area (Å²) in [5, 5.41) is 21.3. The molecule has 36 heavy (non-hydrogen) atoms. The summed E-state index contributed by atoms with van der Waals surface area (Å²) in [4.78, 5) is 23.2. The molecule has 1 aromatic heterocycles. The van der Waals surface area contributed by atoms with Gasteiger partial charge in [0.05, 0.1) is 36.2 Å². The smallest absolute Gasteiger partial charge is 0.273 e. The first-order valence-corrected chi connectivity index (χ1v) is 11.7. The minimum atomic E-state index is -2.69. The van der Waals surface area contributed by atoms with E-state index in [1.54, 1.807) is 13.0 Å². The number of hydrogen-bond donors (Lipinski definition) is 1. The maximum Gasteiger partial charge on any atom is 0.273 e. The number of carbonyl (C=O) groups excluding carboxylic acids is 1. The summed E-state index contributed by atoms with van der Waals surface area (Å²) < 4.78 is 32.8. The summed E-state index contributed by atoms with van der Waals surface area (Å²) in [6.45, 7) is 4.65. The molecule has 2 saturated carbocycles. The van der Waals surface area contributed by atoms with E-state index in [1.165, 1.54) is 6.08 Å². The number of halogens is 2. The van der Waals surface area contributed by atoms with E-state index in [1.807, 2.05) is 32.0 Å². The zero-order chi connectivity index (χ0) is 25.8. The molecule has 1 aliphatic heterocycles. The van der Waals surface area contributed by atoms with E-state index in [-0.39, 0.29) is 34.9 Å². The number of aryl methyl sites for hydroxylation is 2. The number of anilines is 1. The molecule has 0 radical (unpaired) electrons. The Morgan fingerprint density at radius 2 is 2.00 bits per heavy atom. The van der Waals surface area contributed by atoms with Crippen LogP contribution in [0.5, 0.6) is 11.6 Å². The van der Waals surface area contributed by atoms with Crippen LogP contribution < -0.4 is 10.1 Å². The molecule has 2 heterocycles. The Morgan fingerprint density at radius 1 is 1.28 bits per heavy atom. The van der Waals surface area contributed by atoms with Crippen LogP contribution in [0.2, 0.25) is 0 Å². The van der Waals surface area contributed by atoms with Gasteiger partial charge >= 0.3 is 0 Å². The van der Waals surface area contributed by atoms with E-state index in [2.05, 4.69) is 21.4 Å². The van der Waals surface area contributed by atoms with Gasteiger partial charge in [-0.3, -0.25) is 4.79 Å². The molecule has 10 heteroatoms. The van der Waals surface area contributed by atoms with Gasteiger partial charge in [0.2, 0.25) is 11.8 Å². The van der Waals surface area contributed by atoms with Gasteiger partial charge in [-0.25, -0.2) is 13.8 Å². The number of rotatable bonds is 7. The number of ether oxygens (including phenoxy) is 1. The topological polar surface area (TPSA) is 115 Å². The molecule has 4 atom stereocenters. The monoisotopic (exact) mass is 490 g/mol. The molecule has 0 spiro atoms. The Bertz CT molecular complexity index is 1350. The van der Waals surface area contributed by atoms with E-state index in [0.717, 1.165) is 28.0 Å². The minimum absolute atomic E-state index is 0.00951. The molecule has 8 nitrogen and oxygen atoms in total. The van der Waals surface area contributed by atoms with Crippen LogP contribution in [0.1, 0.15) is 58.5 Å². The molecule has 2 fully saturated rings. The third kappa shape index (κ3) is 3.83. The highest BCUT2D eigenvalue weighted by Crippen LogP contribution is 2.64. The highest BCUT2D eigenvalue weighted by molar-refractivity contribution is 5.98. The van der Waals surface area contributed by atoms with Crippen molar-refractivity contribution in [1.29, 1.82) is 10.5 Å². The number of allylic oxidation sites excluding steroid dienone is 1. The second kappa shape index (κ2) is 8.56.